The second-order valence-corrected chi connectivity index (χ2v) is 6.76. The maximum absolute atomic E-state index is 5.76. The van der Waals surface area contributed by atoms with Crippen LogP contribution < -0.4 is 5.32 Å². The molecule has 0 amide bonds. The number of aromatic nitrogens is 2. The summed E-state index contributed by atoms with van der Waals surface area (Å²) in [5.41, 5.74) is 1.20. The van der Waals surface area contributed by atoms with E-state index in [-0.39, 0.29) is 30.0 Å². The van der Waals surface area contributed by atoms with Gasteiger partial charge in [0.15, 0.2) is 5.96 Å². The van der Waals surface area contributed by atoms with E-state index >= 15 is 0 Å². The number of halogens is 1. The van der Waals surface area contributed by atoms with Crippen molar-refractivity contribution in [2.75, 3.05) is 46.9 Å². The summed E-state index contributed by atoms with van der Waals surface area (Å²) in [5, 5.41) is 7.75. The zero-order chi connectivity index (χ0) is 18.2. The molecule has 1 fully saturated rings. The largest absolute Gasteiger partial charge is 0.378 e. The Kier molecular flexibility index (Phi) is 10.5. The Bertz CT molecular complexity index is 540. The van der Waals surface area contributed by atoms with Crippen LogP contribution in [0.2, 0.25) is 0 Å². The zero-order valence-electron chi connectivity index (χ0n) is 16.8. The van der Waals surface area contributed by atoms with Crippen molar-refractivity contribution in [2.24, 2.45) is 12.0 Å². The van der Waals surface area contributed by atoms with Gasteiger partial charge in [-0.3, -0.25) is 9.67 Å². The van der Waals surface area contributed by atoms with Crippen molar-refractivity contribution in [2.45, 2.75) is 38.8 Å². The van der Waals surface area contributed by atoms with Crippen LogP contribution in [-0.4, -0.2) is 78.5 Å². The summed E-state index contributed by atoms with van der Waals surface area (Å²) in [6, 6.07) is 0.225. The Morgan fingerprint density at radius 3 is 2.58 bits per heavy atom. The first kappa shape index (κ1) is 23.2. The monoisotopic (exact) mass is 478 g/mol. The van der Waals surface area contributed by atoms with Gasteiger partial charge >= 0.3 is 0 Å². The molecule has 1 unspecified atom stereocenters. The number of aryl methyl sites for hydroxylation is 1. The third-order valence-corrected chi connectivity index (χ3v) is 4.63. The SMILES string of the molecule is CCNC(=NCC(c1cnn(C)c1)N(C)C)N1CCC(OCC)CC1.I. The average Bonchev–Trinajstić information content (AvgIpc) is 3.01. The lowest BCUT2D eigenvalue weighted by molar-refractivity contribution is 0.0263. The molecule has 0 radical (unpaired) electrons. The highest BCUT2D eigenvalue weighted by Crippen LogP contribution is 2.18. The van der Waals surface area contributed by atoms with Crippen LogP contribution in [0.3, 0.4) is 0 Å². The fraction of sp³-hybridized carbons (Fsp3) is 0.778. The zero-order valence-corrected chi connectivity index (χ0v) is 19.1. The summed E-state index contributed by atoms with van der Waals surface area (Å²) in [6.45, 7) is 8.57. The Labute approximate surface area is 175 Å². The molecule has 26 heavy (non-hydrogen) atoms. The van der Waals surface area contributed by atoms with Crippen molar-refractivity contribution in [1.29, 1.82) is 0 Å². The van der Waals surface area contributed by atoms with Crippen LogP contribution in [0.1, 0.15) is 38.3 Å². The van der Waals surface area contributed by atoms with E-state index in [1.807, 2.05) is 17.9 Å². The lowest BCUT2D eigenvalue weighted by Crippen LogP contribution is -2.47. The van der Waals surface area contributed by atoms with E-state index in [4.69, 9.17) is 9.73 Å². The molecule has 1 atom stereocenters. The van der Waals surface area contributed by atoms with Crippen molar-refractivity contribution in [3.63, 3.8) is 0 Å². The fourth-order valence-corrected chi connectivity index (χ4v) is 3.25. The van der Waals surface area contributed by atoms with Gasteiger partial charge in [0.05, 0.1) is 24.9 Å². The fourth-order valence-electron chi connectivity index (χ4n) is 3.25. The summed E-state index contributed by atoms with van der Waals surface area (Å²) < 4.78 is 7.60. The first-order valence-electron chi connectivity index (χ1n) is 9.35. The molecular formula is C18H35IN6O. The van der Waals surface area contributed by atoms with Gasteiger partial charge in [0.1, 0.15) is 0 Å². The van der Waals surface area contributed by atoms with Gasteiger partial charge in [-0.1, -0.05) is 0 Å². The number of hydrogen-bond acceptors (Lipinski definition) is 4. The van der Waals surface area contributed by atoms with Gasteiger partial charge < -0.3 is 19.9 Å². The van der Waals surface area contributed by atoms with Gasteiger partial charge in [-0.25, -0.2) is 0 Å². The molecule has 0 aliphatic carbocycles. The van der Waals surface area contributed by atoms with Crippen LogP contribution >= 0.6 is 24.0 Å². The lowest BCUT2D eigenvalue weighted by Gasteiger charge is -2.34. The molecule has 8 heteroatoms. The molecule has 1 N–H and O–H groups in total. The molecular weight excluding hydrogens is 443 g/mol. The molecule has 0 spiro atoms. The van der Waals surface area contributed by atoms with Crippen molar-refractivity contribution >= 4 is 29.9 Å². The lowest BCUT2D eigenvalue weighted by atomic mass is 10.1. The Morgan fingerprint density at radius 2 is 2.08 bits per heavy atom. The molecule has 1 aliphatic rings. The number of nitrogens with zero attached hydrogens (tertiary/aromatic N) is 5. The third-order valence-electron chi connectivity index (χ3n) is 4.63. The molecule has 1 aromatic rings. The summed E-state index contributed by atoms with van der Waals surface area (Å²) in [6.07, 6.45) is 6.53. The molecule has 1 aliphatic heterocycles. The number of likely N-dealkylation sites (tertiary alicyclic amines) is 1. The molecule has 7 nitrogen and oxygen atoms in total. The van der Waals surface area contributed by atoms with Crippen LogP contribution in [-0.2, 0) is 11.8 Å². The third kappa shape index (κ3) is 6.70. The molecule has 0 bridgehead atoms. The highest BCUT2D eigenvalue weighted by molar-refractivity contribution is 14.0. The molecule has 0 saturated carbocycles. The minimum atomic E-state index is 0. The van der Waals surface area contributed by atoms with E-state index in [1.165, 1.54) is 5.56 Å². The number of rotatable bonds is 7. The van der Waals surface area contributed by atoms with Crippen LogP contribution in [0, 0.1) is 0 Å². The number of ether oxygens (including phenoxy) is 1. The predicted molar refractivity (Wildman–Crippen MR) is 117 cm³/mol. The number of nitrogens with one attached hydrogen (secondary N) is 1. The maximum atomic E-state index is 5.76. The van der Waals surface area contributed by atoms with Crippen LogP contribution in [0.15, 0.2) is 17.4 Å². The molecule has 150 valence electrons. The van der Waals surface area contributed by atoms with E-state index in [0.29, 0.717) is 12.6 Å². The first-order valence-corrected chi connectivity index (χ1v) is 9.35. The number of hydrogen-bond donors (Lipinski definition) is 1. The standard InChI is InChI=1S/C18H34N6O.HI/c1-6-19-18(24-10-8-16(9-11-24)25-7-2)20-13-17(22(3)4)15-12-21-23(5)14-15;/h12,14,16-17H,6-11,13H2,1-5H3,(H,19,20);1H. The first-order chi connectivity index (χ1) is 12.0. The maximum Gasteiger partial charge on any atom is 0.193 e. The van der Waals surface area contributed by atoms with E-state index in [9.17, 15) is 0 Å². The normalized spacial score (nSPS) is 17.3. The number of piperidine rings is 1. The summed E-state index contributed by atoms with van der Waals surface area (Å²) in [5.74, 6) is 1.01. The van der Waals surface area contributed by atoms with Gasteiger partial charge in [0.25, 0.3) is 0 Å². The predicted octanol–water partition coefficient (Wildman–Crippen LogP) is 2.11. The number of aliphatic imine (C=N–C) groups is 1. The molecule has 0 aromatic carbocycles. The van der Waals surface area contributed by atoms with E-state index in [0.717, 1.165) is 45.0 Å². The molecule has 1 saturated heterocycles. The van der Waals surface area contributed by atoms with Crippen molar-refractivity contribution in [1.82, 2.24) is 24.9 Å². The van der Waals surface area contributed by atoms with E-state index in [2.05, 4.69) is 54.4 Å². The molecule has 2 heterocycles. The van der Waals surface area contributed by atoms with Gasteiger partial charge in [-0.15, -0.1) is 24.0 Å². The average molecular weight is 478 g/mol. The molecule has 2 rings (SSSR count). The van der Waals surface area contributed by atoms with Gasteiger partial charge in [-0.05, 0) is 40.8 Å². The topological polar surface area (TPSA) is 57.9 Å². The van der Waals surface area contributed by atoms with Crippen LogP contribution in [0.4, 0.5) is 0 Å². The summed E-state index contributed by atoms with van der Waals surface area (Å²) >= 11 is 0. The summed E-state index contributed by atoms with van der Waals surface area (Å²) in [4.78, 5) is 9.48. The summed E-state index contributed by atoms with van der Waals surface area (Å²) in [7, 11) is 6.13. The second-order valence-electron chi connectivity index (χ2n) is 6.76. The highest BCUT2D eigenvalue weighted by atomic mass is 127. The second kappa shape index (κ2) is 11.8. The van der Waals surface area contributed by atoms with Crippen molar-refractivity contribution in [3.8, 4) is 0 Å². The Hall–Kier alpha value is -0.870. The van der Waals surface area contributed by atoms with E-state index < -0.39 is 0 Å². The molecule has 1 aromatic heterocycles. The van der Waals surface area contributed by atoms with E-state index in [1.54, 1.807) is 0 Å². The smallest absolute Gasteiger partial charge is 0.193 e. The minimum absolute atomic E-state index is 0. The van der Waals surface area contributed by atoms with Gasteiger partial charge in [0.2, 0.25) is 0 Å². The van der Waals surface area contributed by atoms with Gasteiger partial charge in [0, 0.05) is 45.0 Å². The van der Waals surface area contributed by atoms with Crippen molar-refractivity contribution in [3.05, 3.63) is 18.0 Å². The van der Waals surface area contributed by atoms with Crippen LogP contribution in [0.25, 0.3) is 0 Å². The minimum Gasteiger partial charge on any atom is -0.378 e. The highest BCUT2D eigenvalue weighted by Gasteiger charge is 2.22. The van der Waals surface area contributed by atoms with Crippen molar-refractivity contribution < 1.29 is 4.74 Å². The quantitative estimate of drug-likeness (QED) is 0.370. The van der Waals surface area contributed by atoms with Crippen LogP contribution in [0.5, 0.6) is 0 Å². The number of guanidine groups is 1. The number of likely N-dealkylation sites (N-methyl/N-ethyl adjacent to an activating group) is 1. The Morgan fingerprint density at radius 1 is 1.38 bits per heavy atom. The van der Waals surface area contributed by atoms with Gasteiger partial charge in [-0.2, -0.15) is 5.10 Å². The Balaban J connectivity index is 0.00000338.